The molecule has 39 heavy (non-hydrogen) atoms. The molecule has 0 aliphatic carbocycles. The number of nitrogens with one attached hydrogen (secondary N) is 2. The highest BCUT2D eigenvalue weighted by molar-refractivity contribution is 5.97. The summed E-state index contributed by atoms with van der Waals surface area (Å²) >= 11 is 0. The summed E-state index contributed by atoms with van der Waals surface area (Å²) in [5.74, 6) is -0.0993. The van der Waals surface area contributed by atoms with E-state index in [1.165, 1.54) is 6.92 Å². The molecule has 198 valence electrons. The van der Waals surface area contributed by atoms with Crippen molar-refractivity contribution < 1.29 is 28.7 Å². The molecular formula is C31H28N2O6. The van der Waals surface area contributed by atoms with E-state index >= 15 is 0 Å². The summed E-state index contributed by atoms with van der Waals surface area (Å²) in [6.45, 7) is 0.977. The van der Waals surface area contributed by atoms with Gasteiger partial charge in [-0.25, -0.2) is 0 Å². The van der Waals surface area contributed by atoms with E-state index in [1.54, 1.807) is 48.5 Å². The zero-order valence-corrected chi connectivity index (χ0v) is 21.4. The van der Waals surface area contributed by atoms with E-state index in [-0.39, 0.29) is 31.0 Å². The molecule has 4 rings (SSSR count). The fourth-order valence-corrected chi connectivity index (χ4v) is 3.82. The van der Waals surface area contributed by atoms with Gasteiger partial charge in [-0.05, 0) is 72.6 Å². The fraction of sp³-hybridized carbons (Fsp3) is 0.161. The molecule has 2 amide bonds. The summed E-state index contributed by atoms with van der Waals surface area (Å²) in [6, 6.07) is 27.4. The molecule has 0 saturated carbocycles. The van der Waals surface area contributed by atoms with Gasteiger partial charge in [-0.1, -0.05) is 42.5 Å². The van der Waals surface area contributed by atoms with Crippen molar-refractivity contribution in [1.29, 1.82) is 0 Å². The SMILES string of the molecule is CC(=O)c1cccc(NC(=O)COC(=O)CCCC(=O)Nc2ccc(Oc3ccc4ccccc4c3)cc2)c1. The maximum atomic E-state index is 12.3. The van der Waals surface area contributed by atoms with Gasteiger partial charge in [0.15, 0.2) is 12.4 Å². The third-order valence-corrected chi connectivity index (χ3v) is 5.80. The highest BCUT2D eigenvalue weighted by Gasteiger charge is 2.11. The molecule has 4 aromatic rings. The lowest BCUT2D eigenvalue weighted by atomic mass is 10.1. The highest BCUT2D eigenvalue weighted by Crippen LogP contribution is 2.26. The number of benzene rings is 4. The average Bonchev–Trinajstić information content (AvgIpc) is 2.93. The Bertz CT molecular complexity index is 1500. The lowest BCUT2D eigenvalue weighted by Gasteiger charge is -2.09. The van der Waals surface area contributed by atoms with Crippen molar-refractivity contribution in [3.8, 4) is 11.5 Å². The molecule has 2 N–H and O–H groups in total. The lowest BCUT2D eigenvalue weighted by molar-refractivity contribution is -0.147. The van der Waals surface area contributed by atoms with Crippen molar-refractivity contribution in [3.63, 3.8) is 0 Å². The molecule has 0 aromatic heterocycles. The molecule has 0 bridgehead atoms. The number of ketones is 1. The molecule has 0 saturated heterocycles. The van der Waals surface area contributed by atoms with E-state index in [2.05, 4.69) is 10.6 Å². The van der Waals surface area contributed by atoms with Gasteiger partial charge < -0.3 is 20.1 Å². The standard InChI is InChI=1S/C31H28N2O6/c1-21(34)23-8-4-9-26(18-23)33-30(36)20-38-31(37)11-5-10-29(35)32-25-13-16-27(17-14-25)39-28-15-12-22-6-2-3-7-24(22)19-28/h2-4,6-9,12-19H,5,10-11,20H2,1H3,(H,32,35)(H,33,36). The van der Waals surface area contributed by atoms with Gasteiger partial charge in [0.2, 0.25) is 5.91 Å². The largest absolute Gasteiger partial charge is 0.457 e. The van der Waals surface area contributed by atoms with Crippen LogP contribution in [0, 0.1) is 0 Å². The molecule has 0 spiro atoms. The van der Waals surface area contributed by atoms with Gasteiger partial charge in [0.25, 0.3) is 5.91 Å². The van der Waals surface area contributed by atoms with Gasteiger partial charge in [-0.3, -0.25) is 19.2 Å². The molecule has 0 unspecified atom stereocenters. The lowest BCUT2D eigenvalue weighted by Crippen LogP contribution is -2.21. The Hall–Kier alpha value is -4.98. The zero-order valence-electron chi connectivity index (χ0n) is 21.4. The minimum Gasteiger partial charge on any atom is -0.457 e. The van der Waals surface area contributed by atoms with Crippen LogP contribution in [0.15, 0.2) is 91.0 Å². The number of Topliss-reactive ketones (excluding diaryl/α,β-unsaturated/α-hetero) is 1. The minimum atomic E-state index is -0.578. The summed E-state index contributed by atoms with van der Waals surface area (Å²) in [7, 11) is 0. The smallest absolute Gasteiger partial charge is 0.306 e. The van der Waals surface area contributed by atoms with E-state index in [9.17, 15) is 19.2 Å². The van der Waals surface area contributed by atoms with Crippen molar-refractivity contribution in [2.45, 2.75) is 26.2 Å². The molecule has 0 aliphatic heterocycles. The molecule has 0 radical (unpaired) electrons. The highest BCUT2D eigenvalue weighted by atomic mass is 16.5. The van der Waals surface area contributed by atoms with Crippen molar-refractivity contribution in [1.82, 2.24) is 0 Å². The number of hydrogen-bond donors (Lipinski definition) is 2. The van der Waals surface area contributed by atoms with Crippen LogP contribution in [0.5, 0.6) is 11.5 Å². The number of amides is 2. The van der Waals surface area contributed by atoms with Gasteiger partial charge in [-0.15, -0.1) is 0 Å². The Kier molecular flexibility index (Phi) is 9.03. The Labute approximate surface area is 225 Å². The van der Waals surface area contributed by atoms with Crippen LogP contribution in [0.3, 0.4) is 0 Å². The molecule has 0 atom stereocenters. The van der Waals surface area contributed by atoms with Crippen LogP contribution in [0.2, 0.25) is 0 Å². The topological polar surface area (TPSA) is 111 Å². The normalized spacial score (nSPS) is 10.5. The van der Waals surface area contributed by atoms with E-state index in [1.807, 2.05) is 42.5 Å². The van der Waals surface area contributed by atoms with E-state index in [4.69, 9.17) is 9.47 Å². The van der Waals surface area contributed by atoms with Crippen LogP contribution in [0.4, 0.5) is 11.4 Å². The predicted molar refractivity (Wildman–Crippen MR) is 149 cm³/mol. The summed E-state index contributed by atoms with van der Waals surface area (Å²) in [5, 5.41) is 7.58. The maximum Gasteiger partial charge on any atom is 0.306 e. The number of carbonyl (C=O) groups excluding carboxylic acids is 4. The fourth-order valence-electron chi connectivity index (χ4n) is 3.82. The van der Waals surface area contributed by atoms with Crippen molar-refractivity contribution in [2.24, 2.45) is 0 Å². The molecule has 0 fully saturated rings. The third-order valence-electron chi connectivity index (χ3n) is 5.80. The predicted octanol–water partition coefficient (Wildman–Crippen LogP) is 6.13. The summed E-state index contributed by atoms with van der Waals surface area (Å²) in [5.41, 5.74) is 1.51. The van der Waals surface area contributed by atoms with Crippen LogP contribution in [-0.2, 0) is 19.1 Å². The first-order valence-corrected chi connectivity index (χ1v) is 12.5. The van der Waals surface area contributed by atoms with Crippen molar-refractivity contribution in [3.05, 3.63) is 96.6 Å². The van der Waals surface area contributed by atoms with Gasteiger partial charge in [-0.2, -0.15) is 0 Å². The van der Waals surface area contributed by atoms with Crippen LogP contribution in [0.1, 0.15) is 36.5 Å². The number of hydrogen-bond acceptors (Lipinski definition) is 6. The average molecular weight is 525 g/mol. The Balaban J connectivity index is 1.14. The zero-order chi connectivity index (χ0) is 27.6. The molecule has 8 heteroatoms. The van der Waals surface area contributed by atoms with Crippen LogP contribution >= 0.6 is 0 Å². The number of anilines is 2. The molecule has 0 aliphatic rings. The van der Waals surface area contributed by atoms with E-state index < -0.39 is 18.5 Å². The molecule has 8 nitrogen and oxygen atoms in total. The van der Waals surface area contributed by atoms with Crippen molar-refractivity contribution >= 4 is 45.7 Å². The number of ether oxygens (including phenoxy) is 2. The molecular weight excluding hydrogens is 496 g/mol. The molecule has 0 heterocycles. The molecule has 4 aromatic carbocycles. The van der Waals surface area contributed by atoms with Crippen LogP contribution in [0.25, 0.3) is 10.8 Å². The minimum absolute atomic E-state index is 0.000935. The van der Waals surface area contributed by atoms with Crippen LogP contribution in [-0.4, -0.2) is 30.2 Å². The van der Waals surface area contributed by atoms with E-state index in [0.717, 1.165) is 16.5 Å². The van der Waals surface area contributed by atoms with E-state index in [0.29, 0.717) is 22.7 Å². The number of fused-ring (bicyclic) bond motifs is 1. The first-order valence-electron chi connectivity index (χ1n) is 12.5. The Morgan fingerprint density at radius 3 is 2.15 bits per heavy atom. The quantitative estimate of drug-likeness (QED) is 0.181. The van der Waals surface area contributed by atoms with Crippen LogP contribution < -0.4 is 15.4 Å². The first-order chi connectivity index (χ1) is 18.9. The van der Waals surface area contributed by atoms with Gasteiger partial charge in [0.05, 0.1) is 0 Å². The summed E-state index contributed by atoms with van der Waals surface area (Å²) < 4.78 is 10.9. The van der Waals surface area contributed by atoms with Gasteiger partial charge in [0, 0.05) is 29.8 Å². The maximum absolute atomic E-state index is 12.3. The monoisotopic (exact) mass is 524 g/mol. The Morgan fingerprint density at radius 2 is 1.38 bits per heavy atom. The second-order valence-electron chi connectivity index (χ2n) is 8.88. The van der Waals surface area contributed by atoms with Crippen molar-refractivity contribution in [2.75, 3.05) is 17.2 Å². The number of carbonyl (C=O) groups is 4. The van der Waals surface area contributed by atoms with Gasteiger partial charge >= 0.3 is 5.97 Å². The summed E-state index contributed by atoms with van der Waals surface area (Å²) in [6.07, 6.45) is 0.392. The third kappa shape index (κ3) is 8.26. The number of esters is 1. The second kappa shape index (κ2) is 13.0. The first kappa shape index (κ1) is 27.1. The summed E-state index contributed by atoms with van der Waals surface area (Å²) in [4.78, 5) is 47.7. The Morgan fingerprint density at radius 1 is 0.667 bits per heavy atom. The second-order valence-corrected chi connectivity index (χ2v) is 8.88. The van der Waals surface area contributed by atoms with Gasteiger partial charge in [0.1, 0.15) is 11.5 Å². The number of rotatable bonds is 11.